The lowest BCUT2D eigenvalue weighted by Crippen LogP contribution is -2.57. The van der Waals surface area contributed by atoms with Crippen LogP contribution in [0.15, 0.2) is 96.7 Å². The zero-order chi connectivity index (χ0) is 29.8. The number of rotatable bonds is 9. The van der Waals surface area contributed by atoms with E-state index < -0.39 is 6.04 Å². The number of benzene rings is 4. The lowest BCUT2D eigenvalue weighted by molar-refractivity contribution is -0.140. The molecular weight excluding hydrogens is 544 g/mol. The Kier molecular flexibility index (Phi) is 8.00. The molecule has 4 aromatic rings. The molecule has 0 radical (unpaired) electrons. The largest absolute Gasteiger partial charge is 0.496 e. The lowest BCUT2D eigenvalue weighted by Gasteiger charge is -2.35. The summed E-state index contributed by atoms with van der Waals surface area (Å²) in [6.45, 7) is 2.61. The van der Waals surface area contributed by atoms with Gasteiger partial charge in [-0.15, -0.1) is 0 Å². The van der Waals surface area contributed by atoms with Gasteiger partial charge >= 0.3 is 0 Å². The molecule has 0 saturated carbocycles. The summed E-state index contributed by atoms with van der Waals surface area (Å²) >= 11 is 0. The van der Waals surface area contributed by atoms with Gasteiger partial charge in [0.1, 0.15) is 29.8 Å². The molecule has 0 spiro atoms. The highest BCUT2D eigenvalue weighted by atomic mass is 16.7. The van der Waals surface area contributed by atoms with E-state index >= 15 is 0 Å². The molecule has 1 unspecified atom stereocenters. The molecule has 4 aromatic carbocycles. The summed E-state index contributed by atoms with van der Waals surface area (Å²) in [5.74, 6) is 1.84. The molecule has 43 heavy (non-hydrogen) atoms. The third-order valence-corrected chi connectivity index (χ3v) is 7.51. The molecule has 1 saturated heterocycles. The average molecular weight is 577 g/mol. The second-order valence-electron chi connectivity index (χ2n) is 10.5. The van der Waals surface area contributed by atoms with Gasteiger partial charge in [0.25, 0.3) is 5.91 Å². The second-order valence-corrected chi connectivity index (χ2v) is 10.5. The lowest BCUT2D eigenvalue weighted by atomic mass is 9.99. The number of fused-ring (bicyclic) bond motifs is 1. The molecule has 2 aliphatic heterocycles. The first-order chi connectivity index (χ1) is 21.0. The van der Waals surface area contributed by atoms with Crippen LogP contribution >= 0.6 is 0 Å². The molecule has 1 fully saturated rings. The summed E-state index contributed by atoms with van der Waals surface area (Å²) in [5.41, 5.74) is 4.60. The Hall–Kier alpha value is -5.24. The van der Waals surface area contributed by atoms with Crippen molar-refractivity contribution in [2.75, 3.05) is 13.9 Å². The van der Waals surface area contributed by atoms with E-state index in [0.29, 0.717) is 35.8 Å². The molecule has 6 rings (SSSR count). The quantitative estimate of drug-likeness (QED) is 0.268. The van der Waals surface area contributed by atoms with Gasteiger partial charge in [-0.05, 0) is 47.4 Å². The predicted octanol–water partition coefficient (Wildman–Crippen LogP) is 5.42. The normalized spacial score (nSPS) is 16.7. The number of hydrogen-bond acceptors (Lipinski definition) is 6. The molecule has 8 nitrogen and oxygen atoms in total. The SMILES string of the molecule is COc1ccc(CC2NC(=O)/C(=C/c3cc4c(cc3OCc3ccccc3)OCO4)N(Cc3ccccc3)C2=O)cc1C. The van der Waals surface area contributed by atoms with Gasteiger partial charge in [-0.25, -0.2) is 0 Å². The van der Waals surface area contributed by atoms with Crippen LogP contribution < -0.4 is 24.3 Å². The zero-order valence-corrected chi connectivity index (χ0v) is 24.0. The Morgan fingerprint density at radius 2 is 1.56 bits per heavy atom. The third kappa shape index (κ3) is 6.18. The van der Waals surface area contributed by atoms with Crippen molar-refractivity contribution in [3.8, 4) is 23.0 Å². The molecule has 1 atom stereocenters. The standard InChI is InChI=1S/C35H32N2O6/c1-23-15-26(13-14-30(23)40-2)16-28-35(39)37(20-24-9-5-3-6-10-24)29(34(38)36-28)17-27-18-32-33(43-22-42-32)19-31(27)41-21-25-11-7-4-8-12-25/h3-15,17-19,28H,16,20-22H2,1-2H3,(H,36,38)/b29-17-. The average Bonchev–Trinajstić information content (AvgIpc) is 3.48. The number of nitrogens with one attached hydrogen (secondary N) is 1. The van der Waals surface area contributed by atoms with Gasteiger partial charge in [-0.1, -0.05) is 72.8 Å². The highest BCUT2D eigenvalue weighted by molar-refractivity contribution is 6.07. The number of hydrogen-bond donors (Lipinski definition) is 1. The molecule has 2 heterocycles. The minimum Gasteiger partial charge on any atom is -0.496 e. The van der Waals surface area contributed by atoms with E-state index in [-0.39, 0.29) is 30.8 Å². The third-order valence-electron chi connectivity index (χ3n) is 7.51. The molecule has 1 N–H and O–H groups in total. The number of aryl methyl sites for hydroxylation is 1. The molecule has 2 aliphatic rings. The maximum absolute atomic E-state index is 14.0. The highest BCUT2D eigenvalue weighted by Crippen LogP contribution is 2.40. The van der Waals surface area contributed by atoms with Gasteiger partial charge in [-0.2, -0.15) is 0 Å². The highest BCUT2D eigenvalue weighted by Gasteiger charge is 2.37. The van der Waals surface area contributed by atoms with Gasteiger partial charge in [0.2, 0.25) is 12.7 Å². The van der Waals surface area contributed by atoms with Crippen molar-refractivity contribution < 1.29 is 28.5 Å². The Morgan fingerprint density at radius 3 is 2.26 bits per heavy atom. The summed E-state index contributed by atoms with van der Waals surface area (Å²) < 4.78 is 22.8. The molecule has 2 amide bonds. The van der Waals surface area contributed by atoms with Crippen molar-refractivity contribution in [3.63, 3.8) is 0 Å². The number of methoxy groups -OCH3 is 1. The van der Waals surface area contributed by atoms with Crippen molar-refractivity contribution in [2.45, 2.75) is 32.5 Å². The summed E-state index contributed by atoms with van der Waals surface area (Å²) in [6, 6.07) is 28.0. The van der Waals surface area contributed by atoms with Crippen LogP contribution in [0.25, 0.3) is 6.08 Å². The van der Waals surface area contributed by atoms with E-state index in [0.717, 1.165) is 28.0 Å². The van der Waals surface area contributed by atoms with Gasteiger partial charge < -0.3 is 29.2 Å². The zero-order valence-electron chi connectivity index (χ0n) is 24.0. The molecule has 218 valence electrons. The number of ether oxygens (including phenoxy) is 4. The van der Waals surface area contributed by atoms with Crippen molar-refractivity contribution in [2.24, 2.45) is 0 Å². The first-order valence-electron chi connectivity index (χ1n) is 14.1. The number of carbonyl (C=O) groups excluding carboxylic acids is 2. The number of piperazine rings is 1. The summed E-state index contributed by atoms with van der Waals surface area (Å²) in [6.07, 6.45) is 2.04. The molecule has 0 bridgehead atoms. The van der Waals surface area contributed by atoms with E-state index in [4.69, 9.17) is 18.9 Å². The Bertz CT molecular complexity index is 1670. The van der Waals surface area contributed by atoms with Crippen LogP contribution in [0.1, 0.15) is 27.8 Å². The minimum atomic E-state index is -0.730. The topological polar surface area (TPSA) is 86.3 Å². The molecule has 0 aromatic heterocycles. The summed E-state index contributed by atoms with van der Waals surface area (Å²) in [7, 11) is 1.63. The predicted molar refractivity (Wildman–Crippen MR) is 162 cm³/mol. The van der Waals surface area contributed by atoms with Gasteiger partial charge in [0, 0.05) is 18.1 Å². The molecule has 0 aliphatic carbocycles. The fraction of sp³-hybridized carbons (Fsp3) is 0.200. The van der Waals surface area contributed by atoms with Gasteiger partial charge in [0.15, 0.2) is 11.5 Å². The molecule has 8 heteroatoms. The van der Waals surface area contributed by atoms with Crippen LogP contribution in [0, 0.1) is 6.92 Å². The van der Waals surface area contributed by atoms with Crippen molar-refractivity contribution in [1.82, 2.24) is 10.2 Å². The Balaban J connectivity index is 1.35. The van der Waals surface area contributed by atoms with Crippen LogP contribution in [0.2, 0.25) is 0 Å². The summed E-state index contributed by atoms with van der Waals surface area (Å²) in [4.78, 5) is 29.3. The van der Waals surface area contributed by atoms with Crippen molar-refractivity contribution in [1.29, 1.82) is 0 Å². The second kappa shape index (κ2) is 12.3. The van der Waals surface area contributed by atoms with Crippen LogP contribution in [0.4, 0.5) is 0 Å². The monoisotopic (exact) mass is 576 g/mol. The van der Waals surface area contributed by atoms with Crippen LogP contribution in [0.5, 0.6) is 23.0 Å². The van der Waals surface area contributed by atoms with Gasteiger partial charge in [0.05, 0.1) is 13.7 Å². The first-order valence-corrected chi connectivity index (χ1v) is 14.1. The minimum absolute atomic E-state index is 0.0963. The van der Waals surface area contributed by atoms with E-state index in [1.165, 1.54) is 0 Å². The van der Waals surface area contributed by atoms with Crippen LogP contribution in [-0.2, 0) is 29.2 Å². The molecular formula is C35H32N2O6. The van der Waals surface area contributed by atoms with Crippen LogP contribution in [-0.4, -0.2) is 36.7 Å². The van der Waals surface area contributed by atoms with Crippen molar-refractivity contribution in [3.05, 3.63) is 125 Å². The number of carbonyl (C=O) groups is 2. The summed E-state index contributed by atoms with van der Waals surface area (Å²) in [5, 5.41) is 2.95. The van der Waals surface area contributed by atoms with Crippen molar-refractivity contribution >= 4 is 17.9 Å². The van der Waals surface area contributed by atoms with Crippen LogP contribution in [0.3, 0.4) is 0 Å². The maximum atomic E-state index is 14.0. The number of nitrogens with zero attached hydrogens (tertiary/aromatic N) is 1. The van der Waals surface area contributed by atoms with E-state index in [2.05, 4.69) is 5.32 Å². The first kappa shape index (κ1) is 27.9. The van der Waals surface area contributed by atoms with E-state index in [9.17, 15) is 9.59 Å². The van der Waals surface area contributed by atoms with E-state index in [1.54, 1.807) is 30.2 Å². The number of amides is 2. The smallest absolute Gasteiger partial charge is 0.268 e. The Morgan fingerprint density at radius 1 is 0.860 bits per heavy atom. The van der Waals surface area contributed by atoms with E-state index in [1.807, 2.05) is 85.8 Å². The Labute approximate surface area is 250 Å². The fourth-order valence-electron chi connectivity index (χ4n) is 5.30. The maximum Gasteiger partial charge on any atom is 0.268 e. The van der Waals surface area contributed by atoms with Gasteiger partial charge in [-0.3, -0.25) is 9.59 Å². The fourth-order valence-corrected chi connectivity index (χ4v) is 5.30.